The first-order chi connectivity index (χ1) is 14.3. The van der Waals surface area contributed by atoms with Crippen LogP contribution in [0.4, 0.5) is 0 Å². The predicted molar refractivity (Wildman–Crippen MR) is 109 cm³/mol. The topological polar surface area (TPSA) is 94.4 Å². The van der Waals surface area contributed by atoms with Crippen molar-refractivity contribution in [2.75, 3.05) is 6.61 Å². The molecule has 8 heteroatoms. The number of aryl methyl sites for hydroxylation is 2. The first-order valence-electron chi connectivity index (χ1n) is 9.43. The third-order valence-electron chi connectivity index (χ3n) is 4.88. The zero-order chi connectivity index (χ0) is 19.6. The highest BCUT2D eigenvalue weighted by molar-refractivity contribution is 5.93. The standard InChI is InChI=1S/C21H19N7O/c1-28-20-17(13-24-28)21(29-11-3-4-14-7-9-22-10-8-14)26-19(25-20)15-5-2-6-18-16(15)12-23-27-18/h2,5-10,12-13H,3-4,11H2,1H3,(H,23,27). The fourth-order valence-corrected chi connectivity index (χ4v) is 3.38. The lowest BCUT2D eigenvalue weighted by Crippen LogP contribution is -2.04. The molecule has 0 aliphatic heterocycles. The Kier molecular flexibility index (Phi) is 4.36. The largest absolute Gasteiger partial charge is 0.477 e. The number of aromatic amines is 1. The van der Waals surface area contributed by atoms with Crippen molar-refractivity contribution in [2.45, 2.75) is 12.8 Å². The van der Waals surface area contributed by atoms with Crippen molar-refractivity contribution in [3.63, 3.8) is 0 Å². The summed E-state index contributed by atoms with van der Waals surface area (Å²) in [4.78, 5) is 13.5. The molecule has 0 radical (unpaired) electrons. The molecule has 0 unspecified atom stereocenters. The molecule has 0 saturated carbocycles. The minimum atomic E-state index is 0.549. The molecular formula is C21H19N7O. The van der Waals surface area contributed by atoms with E-state index in [1.807, 2.05) is 49.8 Å². The molecule has 0 spiro atoms. The van der Waals surface area contributed by atoms with Crippen LogP contribution in [-0.2, 0) is 13.5 Å². The van der Waals surface area contributed by atoms with Gasteiger partial charge in [-0.1, -0.05) is 12.1 Å². The Morgan fingerprint density at radius 1 is 1.03 bits per heavy atom. The predicted octanol–water partition coefficient (Wildman–Crippen LogP) is 3.31. The second kappa shape index (κ2) is 7.31. The number of aromatic nitrogens is 7. The molecule has 5 rings (SSSR count). The average molecular weight is 385 g/mol. The van der Waals surface area contributed by atoms with Crippen molar-refractivity contribution in [3.05, 3.63) is 60.7 Å². The lowest BCUT2D eigenvalue weighted by molar-refractivity contribution is 0.303. The minimum Gasteiger partial charge on any atom is -0.477 e. The van der Waals surface area contributed by atoms with E-state index in [0.29, 0.717) is 18.3 Å². The van der Waals surface area contributed by atoms with Gasteiger partial charge in [-0.3, -0.25) is 14.8 Å². The number of rotatable bonds is 6. The van der Waals surface area contributed by atoms with Crippen LogP contribution >= 0.6 is 0 Å². The summed E-state index contributed by atoms with van der Waals surface area (Å²) in [7, 11) is 1.87. The van der Waals surface area contributed by atoms with E-state index in [4.69, 9.17) is 14.7 Å². The highest BCUT2D eigenvalue weighted by Gasteiger charge is 2.16. The van der Waals surface area contributed by atoms with Crippen molar-refractivity contribution in [1.82, 2.24) is 34.9 Å². The molecule has 1 N–H and O–H groups in total. The maximum absolute atomic E-state index is 6.07. The number of nitrogens with one attached hydrogen (secondary N) is 1. The van der Waals surface area contributed by atoms with E-state index in [1.165, 1.54) is 5.56 Å². The van der Waals surface area contributed by atoms with Crippen molar-refractivity contribution in [2.24, 2.45) is 7.05 Å². The van der Waals surface area contributed by atoms with E-state index in [0.717, 1.165) is 40.3 Å². The van der Waals surface area contributed by atoms with E-state index in [-0.39, 0.29) is 0 Å². The normalized spacial score (nSPS) is 11.3. The average Bonchev–Trinajstić information content (AvgIpc) is 3.38. The highest BCUT2D eigenvalue weighted by atomic mass is 16.5. The van der Waals surface area contributed by atoms with Gasteiger partial charge in [-0.25, -0.2) is 4.98 Å². The fraction of sp³-hybridized carbons (Fsp3) is 0.190. The summed E-state index contributed by atoms with van der Waals surface area (Å²) in [5.41, 5.74) is 3.82. The van der Waals surface area contributed by atoms with Crippen LogP contribution in [0, 0.1) is 0 Å². The second-order valence-corrected chi connectivity index (χ2v) is 6.80. The molecule has 8 nitrogen and oxygen atoms in total. The number of fused-ring (bicyclic) bond motifs is 2. The maximum Gasteiger partial charge on any atom is 0.228 e. The molecule has 0 aliphatic rings. The van der Waals surface area contributed by atoms with Gasteiger partial charge < -0.3 is 4.74 Å². The number of nitrogens with zero attached hydrogens (tertiary/aromatic N) is 6. The Morgan fingerprint density at radius 2 is 1.93 bits per heavy atom. The second-order valence-electron chi connectivity index (χ2n) is 6.80. The van der Waals surface area contributed by atoms with E-state index >= 15 is 0 Å². The van der Waals surface area contributed by atoms with Crippen LogP contribution in [0.1, 0.15) is 12.0 Å². The van der Waals surface area contributed by atoms with E-state index in [2.05, 4.69) is 20.3 Å². The van der Waals surface area contributed by atoms with Crippen LogP contribution in [0.15, 0.2) is 55.1 Å². The monoisotopic (exact) mass is 385 g/mol. The Balaban J connectivity index is 1.46. The van der Waals surface area contributed by atoms with Crippen LogP contribution in [0.5, 0.6) is 5.88 Å². The molecule has 29 heavy (non-hydrogen) atoms. The van der Waals surface area contributed by atoms with Gasteiger partial charge in [0.25, 0.3) is 0 Å². The molecule has 0 atom stereocenters. The lowest BCUT2D eigenvalue weighted by Gasteiger charge is -2.09. The van der Waals surface area contributed by atoms with Gasteiger partial charge in [0.05, 0.1) is 24.5 Å². The molecule has 144 valence electrons. The van der Waals surface area contributed by atoms with Crippen molar-refractivity contribution in [1.29, 1.82) is 0 Å². The van der Waals surface area contributed by atoms with Crippen molar-refractivity contribution < 1.29 is 4.74 Å². The molecule has 1 aromatic carbocycles. The van der Waals surface area contributed by atoms with Crippen LogP contribution in [0.3, 0.4) is 0 Å². The molecule has 4 aromatic heterocycles. The first kappa shape index (κ1) is 17.3. The number of hydrogen-bond donors (Lipinski definition) is 1. The zero-order valence-corrected chi connectivity index (χ0v) is 15.9. The molecule has 0 aliphatic carbocycles. The summed E-state index contributed by atoms with van der Waals surface area (Å²) < 4.78 is 7.80. The Labute approximate surface area is 166 Å². The SMILES string of the molecule is Cn1ncc2c(OCCCc3ccncc3)nc(-c3cccc4[nH]ncc34)nc21. The number of benzene rings is 1. The van der Waals surface area contributed by atoms with E-state index < -0.39 is 0 Å². The summed E-state index contributed by atoms with van der Waals surface area (Å²) in [6.07, 6.45) is 8.95. The van der Waals surface area contributed by atoms with Crippen LogP contribution < -0.4 is 4.74 Å². The summed E-state index contributed by atoms with van der Waals surface area (Å²) in [5.74, 6) is 1.14. The van der Waals surface area contributed by atoms with Gasteiger partial charge in [-0.15, -0.1) is 0 Å². The first-order valence-corrected chi connectivity index (χ1v) is 9.43. The molecule has 0 amide bonds. The Hall–Kier alpha value is -3.81. The third-order valence-corrected chi connectivity index (χ3v) is 4.88. The van der Waals surface area contributed by atoms with Gasteiger partial charge in [0.1, 0.15) is 5.39 Å². The molecule has 5 aromatic rings. The summed E-state index contributed by atoms with van der Waals surface area (Å²) in [5, 5.41) is 13.2. The van der Waals surface area contributed by atoms with Gasteiger partial charge in [-0.2, -0.15) is 15.2 Å². The minimum absolute atomic E-state index is 0.549. The van der Waals surface area contributed by atoms with Crippen LogP contribution in [0.25, 0.3) is 33.3 Å². The van der Waals surface area contributed by atoms with Gasteiger partial charge in [0, 0.05) is 30.4 Å². The van der Waals surface area contributed by atoms with Crippen molar-refractivity contribution in [3.8, 4) is 17.3 Å². The number of hydrogen-bond acceptors (Lipinski definition) is 6. The number of pyridine rings is 1. The summed E-state index contributed by atoms with van der Waals surface area (Å²) in [6, 6.07) is 9.97. The Bertz CT molecular complexity index is 1280. The number of H-pyrrole nitrogens is 1. The molecular weight excluding hydrogens is 366 g/mol. The quantitative estimate of drug-likeness (QED) is 0.451. The van der Waals surface area contributed by atoms with E-state index in [9.17, 15) is 0 Å². The smallest absolute Gasteiger partial charge is 0.228 e. The van der Waals surface area contributed by atoms with Gasteiger partial charge in [-0.05, 0) is 36.6 Å². The summed E-state index contributed by atoms with van der Waals surface area (Å²) in [6.45, 7) is 0.554. The van der Waals surface area contributed by atoms with Gasteiger partial charge >= 0.3 is 0 Å². The number of ether oxygens (including phenoxy) is 1. The molecule has 0 bridgehead atoms. The van der Waals surface area contributed by atoms with Gasteiger partial charge in [0.2, 0.25) is 5.88 Å². The molecule has 0 fully saturated rings. The molecule has 0 saturated heterocycles. The lowest BCUT2D eigenvalue weighted by atomic mass is 10.1. The van der Waals surface area contributed by atoms with Crippen molar-refractivity contribution >= 4 is 21.9 Å². The van der Waals surface area contributed by atoms with Gasteiger partial charge in [0.15, 0.2) is 11.5 Å². The highest BCUT2D eigenvalue weighted by Crippen LogP contribution is 2.30. The third kappa shape index (κ3) is 3.29. The summed E-state index contributed by atoms with van der Waals surface area (Å²) >= 11 is 0. The maximum atomic E-state index is 6.07. The van der Waals surface area contributed by atoms with Crippen LogP contribution in [0.2, 0.25) is 0 Å². The van der Waals surface area contributed by atoms with E-state index in [1.54, 1.807) is 17.1 Å². The fourth-order valence-electron chi connectivity index (χ4n) is 3.38. The zero-order valence-electron chi connectivity index (χ0n) is 15.9. The van der Waals surface area contributed by atoms with Crippen LogP contribution in [-0.4, -0.2) is 41.5 Å². The molecule has 4 heterocycles. The Morgan fingerprint density at radius 3 is 2.83 bits per heavy atom.